The monoisotopic (exact) mass is 268 g/mol. The van der Waals surface area contributed by atoms with Crippen LogP contribution in [0, 0.1) is 11.8 Å². The molecule has 1 aliphatic heterocycles. The van der Waals surface area contributed by atoms with Crippen LogP contribution in [0.2, 0.25) is 0 Å². The van der Waals surface area contributed by atoms with Crippen molar-refractivity contribution in [3.8, 4) is 0 Å². The van der Waals surface area contributed by atoms with Crippen molar-refractivity contribution in [3.63, 3.8) is 0 Å². The molecule has 3 unspecified atom stereocenters. The normalized spacial score (nSPS) is 29.7. The molecule has 3 heteroatoms. The van der Waals surface area contributed by atoms with Crippen molar-refractivity contribution in [2.24, 2.45) is 11.8 Å². The van der Waals surface area contributed by atoms with Crippen LogP contribution in [0.1, 0.15) is 46.0 Å². The summed E-state index contributed by atoms with van der Waals surface area (Å²) in [5.74, 6) is 1.70. The highest BCUT2D eigenvalue weighted by molar-refractivity contribution is 4.92. The molecule has 0 aromatic carbocycles. The van der Waals surface area contributed by atoms with E-state index in [0.717, 1.165) is 37.6 Å². The second-order valence-electron chi connectivity index (χ2n) is 6.80. The first-order valence-electron chi connectivity index (χ1n) is 8.17. The first-order valence-corrected chi connectivity index (χ1v) is 8.17. The lowest BCUT2D eigenvalue weighted by Crippen LogP contribution is -2.53. The summed E-state index contributed by atoms with van der Waals surface area (Å²) in [5.41, 5.74) is 0. The van der Waals surface area contributed by atoms with Crippen LogP contribution in [0.15, 0.2) is 0 Å². The number of nitrogens with one attached hydrogen (secondary N) is 1. The van der Waals surface area contributed by atoms with E-state index in [-0.39, 0.29) is 0 Å². The minimum Gasteiger partial charge on any atom is -0.383 e. The van der Waals surface area contributed by atoms with E-state index in [4.69, 9.17) is 4.74 Å². The Bertz CT molecular complexity index is 257. The van der Waals surface area contributed by atoms with Crippen LogP contribution >= 0.6 is 0 Å². The Morgan fingerprint density at radius 3 is 2.68 bits per heavy atom. The Balaban J connectivity index is 1.89. The van der Waals surface area contributed by atoms with Gasteiger partial charge in [-0.15, -0.1) is 0 Å². The van der Waals surface area contributed by atoms with Gasteiger partial charge in [0, 0.05) is 25.7 Å². The summed E-state index contributed by atoms with van der Waals surface area (Å²) in [6.45, 7) is 8.88. The van der Waals surface area contributed by atoms with E-state index in [1.807, 2.05) is 7.11 Å². The number of hydrogen-bond donors (Lipinski definition) is 1. The zero-order chi connectivity index (χ0) is 13.7. The molecule has 0 amide bonds. The third-order valence-electron chi connectivity index (χ3n) is 4.80. The average molecular weight is 268 g/mol. The summed E-state index contributed by atoms with van der Waals surface area (Å²) in [4.78, 5) is 2.76. The molecule has 0 bridgehead atoms. The second kappa shape index (κ2) is 7.61. The van der Waals surface area contributed by atoms with Gasteiger partial charge in [-0.25, -0.2) is 0 Å². The molecule has 1 heterocycles. The van der Waals surface area contributed by atoms with Crippen LogP contribution in [-0.4, -0.2) is 50.3 Å². The van der Waals surface area contributed by atoms with Gasteiger partial charge in [-0.3, -0.25) is 4.90 Å². The molecule has 0 radical (unpaired) electrons. The molecule has 1 aliphatic carbocycles. The first-order chi connectivity index (χ1) is 9.22. The molecule has 1 saturated carbocycles. The lowest BCUT2D eigenvalue weighted by molar-refractivity contribution is 0.0243. The van der Waals surface area contributed by atoms with Crippen LogP contribution < -0.4 is 5.32 Å². The molecule has 2 rings (SSSR count). The van der Waals surface area contributed by atoms with E-state index >= 15 is 0 Å². The Kier molecular flexibility index (Phi) is 6.11. The van der Waals surface area contributed by atoms with E-state index in [0.29, 0.717) is 6.04 Å². The van der Waals surface area contributed by atoms with Crippen LogP contribution in [0.4, 0.5) is 0 Å². The van der Waals surface area contributed by atoms with Crippen molar-refractivity contribution < 1.29 is 4.74 Å². The molecule has 0 aromatic rings. The fraction of sp³-hybridized carbons (Fsp3) is 1.00. The minimum atomic E-state index is 0.564. The fourth-order valence-corrected chi connectivity index (χ4v) is 3.95. The van der Waals surface area contributed by atoms with Crippen LogP contribution in [-0.2, 0) is 4.74 Å². The minimum absolute atomic E-state index is 0.564. The Morgan fingerprint density at radius 1 is 1.16 bits per heavy atom. The number of hydrogen-bond acceptors (Lipinski definition) is 3. The number of rotatable bonds is 7. The number of fused-ring (bicyclic) bond motifs is 1. The predicted octanol–water partition coefficient (Wildman–Crippen LogP) is 2.51. The second-order valence-corrected chi connectivity index (χ2v) is 6.80. The summed E-state index contributed by atoms with van der Waals surface area (Å²) in [6.07, 6.45) is 7.15. The largest absolute Gasteiger partial charge is 0.383 e. The summed E-state index contributed by atoms with van der Waals surface area (Å²) in [7, 11) is 1.84. The van der Waals surface area contributed by atoms with Gasteiger partial charge in [0.05, 0.1) is 6.61 Å². The third kappa shape index (κ3) is 4.17. The third-order valence-corrected chi connectivity index (χ3v) is 4.80. The van der Waals surface area contributed by atoms with Crippen molar-refractivity contribution in [2.75, 3.05) is 33.4 Å². The van der Waals surface area contributed by atoms with Gasteiger partial charge in [-0.05, 0) is 50.6 Å². The number of piperidine rings is 1. The highest BCUT2D eigenvalue weighted by Gasteiger charge is 2.37. The highest BCUT2D eigenvalue weighted by Crippen LogP contribution is 2.37. The molecule has 0 spiro atoms. The molecule has 0 aromatic heterocycles. The van der Waals surface area contributed by atoms with Gasteiger partial charge in [-0.2, -0.15) is 0 Å². The molecule has 3 atom stereocenters. The van der Waals surface area contributed by atoms with E-state index in [9.17, 15) is 0 Å². The number of ether oxygens (including phenoxy) is 1. The van der Waals surface area contributed by atoms with Gasteiger partial charge < -0.3 is 10.1 Å². The molecular formula is C16H32N2O. The SMILES string of the molecule is COCC(CNCC(C)C)N1CCCC2CCCC21. The van der Waals surface area contributed by atoms with Gasteiger partial charge in [0.1, 0.15) is 0 Å². The van der Waals surface area contributed by atoms with E-state index in [2.05, 4.69) is 24.1 Å². The Labute approximate surface area is 119 Å². The van der Waals surface area contributed by atoms with E-state index in [1.54, 1.807) is 0 Å². The topological polar surface area (TPSA) is 24.5 Å². The van der Waals surface area contributed by atoms with E-state index < -0.39 is 0 Å². The lowest BCUT2D eigenvalue weighted by Gasteiger charge is -2.42. The van der Waals surface area contributed by atoms with Gasteiger partial charge in [0.15, 0.2) is 0 Å². The Morgan fingerprint density at radius 2 is 1.95 bits per heavy atom. The maximum absolute atomic E-state index is 5.48. The molecule has 2 fully saturated rings. The standard InChI is InChI=1S/C16H32N2O/c1-13(2)10-17-11-15(12-19-3)18-9-5-7-14-6-4-8-16(14)18/h13-17H,4-12H2,1-3H3. The zero-order valence-corrected chi connectivity index (χ0v) is 13.0. The molecular weight excluding hydrogens is 236 g/mol. The lowest BCUT2D eigenvalue weighted by atomic mass is 9.90. The highest BCUT2D eigenvalue weighted by atomic mass is 16.5. The van der Waals surface area contributed by atoms with Gasteiger partial charge in [0.25, 0.3) is 0 Å². The van der Waals surface area contributed by atoms with Crippen LogP contribution in [0.3, 0.4) is 0 Å². The van der Waals surface area contributed by atoms with Crippen molar-refractivity contribution in [3.05, 3.63) is 0 Å². The van der Waals surface area contributed by atoms with Gasteiger partial charge in [-0.1, -0.05) is 20.3 Å². The zero-order valence-electron chi connectivity index (χ0n) is 13.0. The quantitative estimate of drug-likeness (QED) is 0.768. The van der Waals surface area contributed by atoms with Crippen LogP contribution in [0.25, 0.3) is 0 Å². The number of likely N-dealkylation sites (tertiary alicyclic amines) is 1. The van der Waals surface area contributed by atoms with Crippen molar-refractivity contribution in [2.45, 2.75) is 58.0 Å². The molecule has 1 saturated heterocycles. The summed E-state index contributed by atoms with van der Waals surface area (Å²) >= 11 is 0. The van der Waals surface area contributed by atoms with Gasteiger partial charge in [0.2, 0.25) is 0 Å². The molecule has 19 heavy (non-hydrogen) atoms. The maximum Gasteiger partial charge on any atom is 0.0630 e. The number of nitrogens with zero attached hydrogens (tertiary/aromatic N) is 1. The fourth-order valence-electron chi connectivity index (χ4n) is 3.95. The smallest absolute Gasteiger partial charge is 0.0630 e. The van der Waals surface area contributed by atoms with Crippen molar-refractivity contribution in [1.29, 1.82) is 0 Å². The maximum atomic E-state index is 5.48. The number of methoxy groups -OCH3 is 1. The summed E-state index contributed by atoms with van der Waals surface area (Å²) in [5, 5.41) is 3.63. The molecule has 112 valence electrons. The van der Waals surface area contributed by atoms with Crippen molar-refractivity contribution >= 4 is 0 Å². The van der Waals surface area contributed by atoms with Crippen molar-refractivity contribution in [1.82, 2.24) is 10.2 Å². The Hall–Kier alpha value is -0.120. The van der Waals surface area contributed by atoms with E-state index in [1.165, 1.54) is 38.6 Å². The summed E-state index contributed by atoms with van der Waals surface area (Å²) < 4.78 is 5.48. The molecule has 2 aliphatic rings. The average Bonchev–Trinajstić information content (AvgIpc) is 2.85. The van der Waals surface area contributed by atoms with Gasteiger partial charge >= 0.3 is 0 Å². The molecule has 3 nitrogen and oxygen atoms in total. The molecule has 1 N–H and O–H groups in total. The predicted molar refractivity (Wildman–Crippen MR) is 80.4 cm³/mol. The summed E-state index contributed by atoms with van der Waals surface area (Å²) in [6, 6.07) is 1.41. The first kappa shape index (κ1) is 15.3. The van der Waals surface area contributed by atoms with Crippen LogP contribution in [0.5, 0.6) is 0 Å².